The van der Waals surface area contributed by atoms with Crippen LogP contribution < -0.4 is 0 Å². The Labute approximate surface area is 172 Å². The highest BCUT2D eigenvalue weighted by Gasteiger charge is 2.33. The predicted molar refractivity (Wildman–Crippen MR) is 106 cm³/mol. The van der Waals surface area contributed by atoms with Crippen LogP contribution in [0.4, 0.5) is 0 Å². The van der Waals surface area contributed by atoms with Gasteiger partial charge in [-0.05, 0) is 22.8 Å². The van der Waals surface area contributed by atoms with Gasteiger partial charge in [-0.3, -0.25) is 4.55 Å². The average Bonchev–Trinajstić information content (AvgIpc) is 2.67. The molecule has 3 aromatic carbocycles. The van der Waals surface area contributed by atoms with E-state index in [2.05, 4.69) is 3.74 Å². The molecule has 3 rings (SSSR count). The fraction of sp³-hybridized carbons (Fsp3) is 0. The molecule has 0 aliphatic rings. The van der Waals surface area contributed by atoms with E-state index < -0.39 is 35.0 Å². The number of hydrogen-bond acceptors (Lipinski definition) is 5. The molecule has 0 radical (unpaired) electrons. The van der Waals surface area contributed by atoms with Crippen LogP contribution in [-0.2, 0) is 24.0 Å². The quantitative estimate of drug-likeness (QED) is 0.552. The summed E-state index contributed by atoms with van der Waals surface area (Å²) >= 11 is 11.0. The van der Waals surface area contributed by atoms with Gasteiger partial charge in [-0.25, -0.2) is 0 Å². The molecule has 0 aliphatic heterocycles. The van der Waals surface area contributed by atoms with Crippen LogP contribution in [-0.4, -0.2) is 21.4 Å². The zero-order valence-corrected chi connectivity index (χ0v) is 17.1. The van der Waals surface area contributed by atoms with Crippen molar-refractivity contribution in [1.29, 1.82) is 0 Å². The normalized spacial score (nSPS) is 12.1. The molecule has 146 valence electrons. The van der Waals surface area contributed by atoms with Crippen molar-refractivity contribution >= 4 is 43.7 Å². The summed E-state index contributed by atoms with van der Waals surface area (Å²) in [7, 11) is -9.79. The maximum Gasteiger partial charge on any atom is 0.315 e. The first-order chi connectivity index (χ1) is 13.2. The number of rotatable bonds is 5. The highest BCUT2D eigenvalue weighted by atomic mass is 35.5. The van der Waals surface area contributed by atoms with Crippen molar-refractivity contribution in [3.8, 4) is 22.3 Å². The summed E-state index contributed by atoms with van der Waals surface area (Å²) in [5.74, 6) is 0. The number of benzene rings is 3. The Bertz CT molecular complexity index is 1240. The Morgan fingerprint density at radius 2 is 1.29 bits per heavy atom. The molecule has 0 aromatic heterocycles. The smallest absolute Gasteiger partial charge is 0.282 e. The second-order valence-electron chi connectivity index (χ2n) is 5.66. The SMILES string of the molecule is O=S(=O)(O)c1c(Cl)ccc(-c2ccccc2-c2ccccc2)c1S(=O)(=O)OCl. The Kier molecular flexibility index (Phi) is 5.81. The standard InChI is InChI=1S/C18H12Cl2O6S2/c19-16-11-10-15(17(28(24,25)26-20)18(16)27(21,22)23)14-9-5-4-8-13(14)12-6-2-1-3-7-12/h1-11H,(H,21,22,23). The minimum absolute atomic E-state index is 0.0443. The van der Waals surface area contributed by atoms with Crippen LogP contribution in [0, 0.1) is 0 Å². The lowest BCUT2D eigenvalue weighted by Crippen LogP contribution is -2.12. The topological polar surface area (TPSA) is 97.7 Å². The van der Waals surface area contributed by atoms with Crippen LogP contribution in [0.25, 0.3) is 22.3 Å². The van der Waals surface area contributed by atoms with E-state index >= 15 is 0 Å². The molecule has 0 atom stereocenters. The summed E-state index contributed by atoms with van der Waals surface area (Å²) in [5.41, 5.74) is 1.72. The third kappa shape index (κ3) is 3.93. The van der Waals surface area contributed by atoms with Crippen LogP contribution in [0.3, 0.4) is 0 Å². The van der Waals surface area contributed by atoms with E-state index in [4.69, 9.17) is 23.5 Å². The van der Waals surface area contributed by atoms with E-state index in [9.17, 15) is 21.4 Å². The second-order valence-corrected chi connectivity index (χ2v) is 9.24. The van der Waals surface area contributed by atoms with Crippen molar-refractivity contribution in [3.05, 3.63) is 71.8 Å². The highest BCUT2D eigenvalue weighted by molar-refractivity contribution is 7.90. The first-order valence-electron chi connectivity index (χ1n) is 7.67. The molecule has 0 amide bonds. The van der Waals surface area contributed by atoms with Gasteiger partial charge in [0, 0.05) is 5.56 Å². The molecule has 10 heteroatoms. The summed E-state index contributed by atoms with van der Waals surface area (Å²) in [6.45, 7) is 0. The monoisotopic (exact) mass is 458 g/mol. The van der Waals surface area contributed by atoms with Crippen molar-refractivity contribution in [1.82, 2.24) is 0 Å². The Hall–Kier alpha value is -1.94. The van der Waals surface area contributed by atoms with Crippen LogP contribution in [0.5, 0.6) is 0 Å². The third-order valence-electron chi connectivity index (χ3n) is 3.96. The van der Waals surface area contributed by atoms with E-state index in [-0.39, 0.29) is 5.56 Å². The zero-order chi connectivity index (χ0) is 20.5. The van der Waals surface area contributed by atoms with Crippen molar-refractivity contribution in [3.63, 3.8) is 0 Å². The van der Waals surface area contributed by atoms with Crippen LogP contribution in [0.1, 0.15) is 0 Å². The molecule has 3 aromatic rings. The van der Waals surface area contributed by atoms with Gasteiger partial charge < -0.3 is 0 Å². The Balaban J connectivity index is 2.47. The molecule has 0 saturated heterocycles. The van der Waals surface area contributed by atoms with Gasteiger partial charge in [0.15, 0.2) is 0 Å². The summed E-state index contributed by atoms with van der Waals surface area (Å²) < 4.78 is 62.3. The van der Waals surface area contributed by atoms with Crippen LogP contribution in [0.15, 0.2) is 76.5 Å². The van der Waals surface area contributed by atoms with Gasteiger partial charge in [-0.2, -0.15) is 20.6 Å². The summed E-state index contributed by atoms with van der Waals surface area (Å²) in [6, 6.07) is 18.3. The second kappa shape index (κ2) is 7.82. The van der Waals surface area contributed by atoms with E-state index in [1.807, 2.05) is 18.2 Å². The molecule has 0 heterocycles. The molecule has 0 spiro atoms. The summed E-state index contributed by atoms with van der Waals surface area (Å²) in [4.78, 5) is -1.85. The molecule has 0 saturated carbocycles. The molecule has 0 fully saturated rings. The van der Waals surface area contributed by atoms with Crippen LogP contribution in [0.2, 0.25) is 5.02 Å². The first kappa shape index (κ1) is 20.8. The maximum absolute atomic E-state index is 12.5. The maximum atomic E-state index is 12.5. The average molecular weight is 459 g/mol. The van der Waals surface area contributed by atoms with Crippen molar-refractivity contribution < 1.29 is 25.1 Å². The largest absolute Gasteiger partial charge is 0.315 e. The fourth-order valence-electron chi connectivity index (χ4n) is 2.86. The van der Waals surface area contributed by atoms with E-state index in [1.54, 1.807) is 36.4 Å². The molecular formula is C18H12Cl2O6S2. The lowest BCUT2D eigenvalue weighted by atomic mass is 9.94. The van der Waals surface area contributed by atoms with Gasteiger partial charge in [0.1, 0.15) is 9.79 Å². The first-order valence-corrected chi connectivity index (χ1v) is 11.2. The van der Waals surface area contributed by atoms with Gasteiger partial charge in [0.05, 0.1) is 16.9 Å². The lowest BCUT2D eigenvalue weighted by Gasteiger charge is -2.16. The van der Waals surface area contributed by atoms with Gasteiger partial charge in [0.2, 0.25) is 0 Å². The molecule has 0 bridgehead atoms. The van der Waals surface area contributed by atoms with Crippen molar-refractivity contribution in [2.75, 3.05) is 0 Å². The minimum atomic E-state index is -5.02. The van der Waals surface area contributed by atoms with Crippen molar-refractivity contribution in [2.45, 2.75) is 9.79 Å². The Morgan fingerprint density at radius 1 is 0.714 bits per heavy atom. The Morgan fingerprint density at radius 3 is 1.86 bits per heavy atom. The van der Waals surface area contributed by atoms with Gasteiger partial charge in [-0.1, -0.05) is 72.3 Å². The van der Waals surface area contributed by atoms with Crippen LogP contribution >= 0.6 is 23.5 Å². The molecule has 0 unspecified atom stereocenters. The number of halogens is 2. The van der Waals surface area contributed by atoms with E-state index in [0.717, 1.165) is 5.56 Å². The third-order valence-corrected chi connectivity index (χ3v) is 7.04. The lowest BCUT2D eigenvalue weighted by molar-refractivity contribution is 0.475. The van der Waals surface area contributed by atoms with E-state index in [1.165, 1.54) is 12.1 Å². The summed E-state index contributed by atoms with van der Waals surface area (Å²) in [6.07, 6.45) is 0. The van der Waals surface area contributed by atoms with Gasteiger partial charge >= 0.3 is 10.1 Å². The van der Waals surface area contributed by atoms with Gasteiger partial charge in [-0.15, -0.1) is 0 Å². The molecule has 6 nitrogen and oxygen atoms in total. The zero-order valence-electron chi connectivity index (χ0n) is 13.9. The van der Waals surface area contributed by atoms with E-state index in [0.29, 0.717) is 11.1 Å². The molecular weight excluding hydrogens is 447 g/mol. The highest BCUT2D eigenvalue weighted by Crippen LogP contribution is 2.41. The summed E-state index contributed by atoms with van der Waals surface area (Å²) in [5, 5.41) is -0.490. The molecule has 0 aliphatic carbocycles. The minimum Gasteiger partial charge on any atom is -0.282 e. The molecule has 1 N–H and O–H groups in total. The fourth-order valence-corrected chi connectivity index (χ4v) is 5.68. The van der Waals surface area contributed by atoms with Gasteiger partial charge in [0.25, 0.3) is 10.1 Å². The number of hydrogen-bond donors (Lipinski definition) is 1. The predicted octanol–water partition coefficient (Wildman–Crippen LogP) is 4.78. The van der Waals surface area contributed by atoms with Crippen molar-refractivity contribution in [2.24, 2.45) is 0 Å². The molecule has 28 heavy (non-hydrogen) atoms.